The van der Waals surface area contributed by atoms with Crippen molar-refractivity contribution in [3.63, 3.8) is 0 Å². The summed E-state index contributed by atoms with van der Waals surface area (Å²) in [5.74, 6) is 1.54. The van der Waals surface area contributed by atoms with Crippen molar-refractivity contribution in [3.8, 4) is 5.75 Å². The van der Waals surface area contributed by atoms with Crippen molar-refractivity contribution in [1.82, 2.24) is 15.2 Å². The van der Waals surface area contributed by atoms with Crippen molar-refractivity contribution in [2.24, 2.45) is 0 Å². The Balaban J connectivity index is 1.56. The van der Waals surface area contributed by atoms with Gasteiger partial charge in [0.2, 0.25) is 0 Å². The van der Waals surface area contributed by atoms with Crippen molar-refractivity contribution in [2.45, 2.75) is 90.4 Å². The molecular weight excluding hydrogens is 568 g/mol. The maximum Gasteiger partial charge on any atom is 0.509 e. The van der Waals surface area contributed by atoms with Crippen LogP contribution in [0.1, 0.15) is 59.1 Å². The summed E-state index contributed by atoms with van der Waals surface area (Å²) in [6, 6.07) is 10.4. The number of carbonyl (C=O) groups excluding carboxylic acids is 3. The van der Waals surface area contributed by atoms with E-state index in [-0.39, 0.29) is 13.1 Å². The molecule has 0 radical (unpaired) electrons. The van der Waals surface area contributed by atoms with Gasteiger partial charge < -0.3 is 33.9 Å². The quantitative estimate of drug-likeness (QED) is 0.318. The maximum atomic E-state index is 13.4. The van der Waals surface area contributed by atoms with E-state index in [2.05, 4.69) is 15.2 Å². The van der Waals surface area contributed by atoms with Gasteiger partial charge in [-0.05, 0) is 89.8 Å². The summed E-state index contributed by atoms with van der Waals surface area (Å²) in [5.41, 5.74) is 0.124. The number of rotatable bonds is 8. The molecule has 4 rings (SSSR count). The number of ether oxygens (including phenoxy) is 5. The van der Waals surface area contributed by atoms with Gasteiger partial charge in [0.15, 0.2) is 12.2 Å². The molecule has 0 unspecified atom stereocenters. The zero-order chi connectivity index (χ0) is 32.1. The van der Waals surface area contributed by atoms with E-state index in [1.807, 2.05) is 36.4 Å². The zero-order valence-corrected chi connectivity index (χ0v) is 26.6. The van der Waals surface area contributed by atoms with Gasteiger partial charge in [-0.3, -0.25) is 4.90 Å². The van der Waals surface area contributed by atoms with Crippen molar-refractivity contribution in [1.29, 1.82) is 0 Å². The summed E-state index contributed by atoms with van der Waals surface area (Å²) in [4.78, 5) is 47.4. The van der Waals surface area contributed by atoms with Gasteiger partial charge in [-0.15, -0.1) is 0 Å². The molecule has 1 N–H and O–H groups in total. The van der Waals surface area contributed by atoms with Crippen LogP contribution >= 0.6 is 0 Å². The van der Waals surface area contributed by atoms with E-state index in [1.54, 1.807) is 54.8 Å². The number of pyridine rings is 1. The van der Waals surface area contributed by atoms with Crippen molar-refractivity contribution in [2.75, 3.05) is 31.6 Å². The summed E-state index contributed by atoms with van der Waals surface area (Å²) in [6.07, 6.45) is -1.17. The van der Waals surface area contributed by atoms with Crippen LogP contribution < -0.4 is 15.0 Å². The number of nitrogens with one attached hydrogen (secondary N) is 1. The SMILES string of the molecule is COc1ccc(C[C@@H]2[C@H](OC(=O)NCc3ccnc(N4CCC4)c3)[C@@H](OC(=O)OC(C)(C)C)CN2C(=O)OC(C)(C)C)cc1. The first kappa shape index (κ1) is 32.7. The van der Waals surface area contributed by atoms with Crippen LogP contribution in [0.3, 0.4) is 0 Å². The summed E-state index contributed by atoms with van der Waals surface area (Å²) in [5, 5.41) is 2.79. The molecule has 0 aliphatic carbocycles. The summed E-state index contributed by atoms with van der Waals surface area (Å²) in [7, 11) is 1.58. The van der Waals surface area contributed by atoms with E-state index in [9.17, 15) is 14.4 Å². The molecule has 0 spiro atoms. The van der Waals surface area contributed by atoms with E-state index < -0.39 is 47.8 Å². The molecule has 240 valence electrons. The average Bonchev–Trinajstić information content (AvgIpc) is 3.21. The summed E-state index contributed by atoms with van der Waals surface area (Å²) < 4.78 is 28.0. The number of methoxy groups -OCH3 is 1. The second kappa shape index (κ2) is 13.6. The Bertz CT molecular complexity index is 1300. The number of anilines is 1. The minimum absolute atomic E-state index is 0.0591. The number of alkyl carbamates (subject to hydrolysis) is 1. The molecule has 12 nitrogen and oxygen atoms in total. The lowest BCUT2D eigenvalue weighted by molar-refractivity contribution is -0.0518. The van der Waals surface area contributed by atoms with Crippen LogP contribution in [-0.4, -0.2) is 84.4 Å². The first-order chi connectivity index (χ1) is 20.7. The monoisotopic (exact) mass is 612 g/mol. The lowest BCUT2D eigenvalue weighted by atomic mass is 10.0. The summed E-state index contributed by atoms with van der Waals surface area (Å²) >= 11 is 0. The van der Waals surface area contributed by atoms with Crippen LogP contribution in [-0.2, 0) is 31.9 Å². The van der Waals surface area contributed by atoms with Crippen molar-refractivity contribution < 1.29 is 38.1 Å². The molecule has 2 amide bonds. The molecule has 3 heterocycles. The normalized spacial score (nSPS) is 19.9. The van der Waals surface area contributed by atoms with Crippen LogP contribution in [0.5, 0.6) is 5.75 Å². The van der Waals surface area contributed by atoms with Gasteiger partial charge in [-0.1, -0.05) is 12.1 Å². The number of hydrogen-bond acceptors (Lipinski definition) is 10. The summed E-state index contributed by atoms with van der Waals surface area (Å²) in [6.45, 7) is 12.5. The number of carbonyl (C=O) groups is 3. The van der Waals surface area contributed by atoms with E-state index in [4.69, 9.17) is 23.7 Å². The molecule has 1 aromatic heterocycles. The highest BCUT2D eigenvalue weighted by atomic mass is 16.7. The Labute approximate surface area is 258 Å². The van der Waals surface area contributed by atoms with Crippen LogP contribution in [0.2, 0.25) is 0 Å². The third-order valence-corrected chi connectivity index (χ3v) is 7.06. The molecule has 2 aliphatic rings. The van der Waals surface area contributed by atoms with Gasteiger partial charge in [0.25, 0.3) is 0 Å². The second-order valence-electron chi connectivity index (χ2n) is 13.0. The average molecular weight is 613 g/mol. The van der Waals surface area contributed by atoms with Gasteiger partial charge in [0, 0.05) is 25.8 Å². The minimum atomic E-state index is -1.02. The largest absolute Gasteiger partial charge is 0.509 e. The fourth-order valence-electron chi connectivity index (χ4n) is 4.90. The van der Waals surface area contributed by atoms with E-state index in [0.717, 1.165) is 36.5 Å². The van der Waals surface area contributed by atoms with Crippen LogP contribution in [0.15, 0.2) is 42.6 Å². The molecule has 2 saturated heterocycles. The van der Waals surface area contributed by atoms with Crippen LogP contribution in [0.25, 0.3) is 0 Å². The van der Waals surface area contributed by atoms with Crippen molar-refractivity contribution >= 4 is 24.2 Å². The number of nitrogens with zero attached hydrogens (tertiary/aromatic N) is 3. The predicted octanol–water partition coefficient (Wildman–Crippen LogP) is 5.08. The number of hydrogen-bond donors (Lipinski definition) is 1. The van der Waals surface area contributed by atoms with E-state index >= 15 is 0 Å². The molecular formula is C32H44N4O8. The van der Waals surface area contributed by atoms with Gasteiger partial charge in [-0.25, -0.2) is 19.4 Å². The Morgan fingerprint density at radius 3 is 2.20 bits per heavy atom. The molecule has 12 heteroatoms. The lowest BCUT2D eigenvalue weighted by Crippen LogP contribution is -2.46. The van der Waals surface area contributed by atoms with Crippen LogP contribution in [0.4, 0.5) is 20.2 Å². The van der Waals surface area contributed by atoms with Crippen LogP contribution in [0, 0.1) is 0 Å². The van der Waals surface area contributed by atoms with E-state index in [0.29, 0.717) is 12.2 Å². The maximum absolute atomic E-state index is 13.4. The Morgan fingerprint density at radius 1 is 0.932 bits per heavy atom. The highest BCUT2D eigenvalue weighted by molar-refractivity contribution is 5.71. The van der Waals surface area contributed by atoms with Gasteiger partial charge >= 0.3 is 18.3 Å². The van der Waals surface area contributed by atoms with Gasteiger partial charge in [0.1, 0.15) is 22.8 Å². The molecule has 2 aromatic rings. The molecule has 1 aromatic carbocycles. The minimum Gasteiger partial charge on any atom is -0.497 e. The predicted molar refractivity (Wildman–Crippen MR) is 163 cm³/mol. The molecule has 2 aliphatic heterocycles. The number of aromatic nitrogens is 1. The topological polar surface area (TPSA) is 129 Å². The first-order valence-electron chi connectivity index (χ1n) is 14.9. The smallest absolute Gasteiger partial charge is 0.497 e. The Hall–Kier alpha value is -4.22. The number of benzene rings is 1. The second-order valence-corrected chi connectivity index (χ2v) is 13.0. The van der Waals surface area contributed by atoms with Gasteiger partial charge in [-0.2, -0.15) is 0 Å². The molecule has 3 atom stereocenters. The first-order valence-corrected chi connectivity index (χ1v) is 14.9. The zero-order valence-electron chi connectivity index (χ0n) is 26.6. The fourth-order valence-corrected chi connectivity index (χ4v) is 4.90. The third kappa shape index (κ3) is 9.14. The van der Waals surface area contributed by atoms with E-state index in [1.165, 1.54) is 4.90 Å². The number of likely N-dealkylation sites (tertiary alicyclic amines) is 1. The standard InChI is InChI=1S/C32H44N4O8/c1-31(2,3)43-29(38)36-20-25(41-30(39)44-32(4,5)6)27(24(36)17-21-9-11-23(40-7)12-10-21)42-28(37)34-19-22-13-14-33-26(18-22)35-15-8-16-35/h9-14,18,24-25,27H,8,15-17,19-20H2,1-7H3,(H,34,37)/t24-,25+,27+/m1/s1. The van der Waals surface area contributed by atoms with Crippen molar-refractivity contribution in [3.05, 3.63) is 53.7 Å². The van der Waals surface area contributed by atoms with Gasteiger partial charge in [0.05, 0.1) is 19.7 Å². The fraction of sp³-hybridized carbons (Fsp3) is 0.562. The molecule has 2 fully saturated rings. The molecule has 0 bridgehead atoms. The Kier molecular flexibility index (Phi) is 10.1. The number of amides is 2. The molecule has 0 saturated carbocycles. The third-order valence-electron chi connectivity index (χ3n) is 7.06. The molecule has 44 heavy (non-hydrogen) atoms. The highest BCUT2D eigenvalue weighted by Gasteiger charge is 2.50. The highest BCUT2D eigenvalue weighted by Crippen LogP contribution is 2.30. The Morgan fingerprint density at radius 2 is 1.61 bits per heavy atom. The lowest BCUT2D eigenvalue weighted by Gasteiger charge is -2.32.